The number of sulfone groups is 1. The average molecular weight is 470 g/mol. The lowest BCUT2D eigenvalue weighted by Gasteiger charge is -2.35. The number of amides is 1. The maximum atomic E-state index is 13.1. The zero-order valence-electron chi connectivity index (χ0n) is 18.0. The van der Waals surface area contributed by atoms with Gasteiger partial charge in [0.15, 0.2) is 9.84 Å². The van der Waals surface area contributed by atoms with Crippen LogP contribution in [0.1, 0.15) is 30.4 Å². The van der Waals surface area contributed by atoms with Gasteiger partial charge in [0.1, 0.15) is 0 Å². The maximum Gasteiger partial charge on any atom is 0.243 e. The van der Waals surface area contributed by atoms with E-state index in [9.17, 15) is 21.6 Å². The molecule has 1 aromatic rings. The number of aryl methyl sites for hydroxylation is 2. The van der Waals surface area contributed by atoms with Gasteiger partial charge >= 0.3 is 0 Å². The Morgan fingerprint density at radius 2 is 1.77 bits per heavy atom. The van der Waals surface area contributed by atoms with E-state index in [-0.39, 0.29) is 43.1 Å². The zero-order valence-corrected chi connectivity index (χ0v) is 19.6. The van der Waals surface area contributed by atoms with Crippen LogP contribution in [-0.2, 0) is 37.5 Å². The standard InChI is InChI=1S/C21H31N3O5S2/c1-22(19-8-13-30(26,27)16-19)15-21(25)23-9-11-24(12-10-23)31(28,29)20-7-6-17-4-2-3-5-18(17)14-20/h6-7,14,19H,2-5,8-13,15-16H2,1H3/t19-/m1/s1. The number of likely N-dealkylation sites (N-methyl/N-ethyl adjacent to an activating group) is 1. The molecule has 172 valence electrons. The van der Waals surface area contributed by atoms with Crippen LogP contribution >= 0.6 is 0 Å². The molecule has 1 amide bonds. The normalized spacial score (nSPS) is 24.3. The van der Waals surface area contributed by atoms with Crippen LogP contribution in [0.2, 0.25) is 0 Å². The number of carbonyl (C=O) groups excluding carboxylic acids is 1. The number of fused-ring (bicyclic) bond motifs is 1. The monoisotopic (exact) mass is 469 g/mol. The number of carbonyl (C=O) groups is 1. The Balaban J connectivity index is 1.34. The first kappa shape index (κ1) is 22.7. The predicted molar refractivity (Wildman–Crippen MR) is 118 cm³/mol. The summed E-state index contributed by atoms with van der Waals surface area (Å²) < 4.78 is 51.1. The van der Waals surface area contributed by atoms with Gasteiger partial charge in [-0.25, -0.2) is 16.8 Å². The molecule has 1 aliphatic carbocycles. The van der Waals surface area contributed by atoms with E-state index in [0.29, 0.717) is 24.4 Å². The van der Waals surface area contributed by atoms with Crippen molar-refractivity contribution in [2.75, 3.05) is 51.3 Å². The number of hydrogen-bond acceptors (Lipinski definition) is 6. The molecular formula is C21H31N3O5S2. The second kappa shape index (κ2) is 8.80. The quantitative estimate of drug-likeness (QED) is 0.624. The summed E-state index contributed by atoms with van der Waals surface area (Å²) >= 11 is 0. The minimum Gasteiger partial charge on any atom is -0.339 e. The Morgan fingerprint density at radius 3 is 2.42 bits per heavy atom. The Labute approximate surface area is 185 Å². The highest BCUT2D eigenvalue weighted by molar-refractivity contribution is 7.91. The van der Waals surface area contributed by atoms with Crippen molar-refractivity contribution in [3.05, 3.63) is 29.3 Å². The summed E-state index contributed by atoms with van der Waals surface area (Å²) in [5, 5.41) is 0. The third-order valence-electron chi connectivity index (χ3n) is 6.77. The second-order valence-electron chi connectivity index (χ2n) is 8.89. The van der Waals surface area contributed by atoms with Crippen molar-refractivity contribution >= 4 is 25.8 Å². The van der Waals surface area contributed by atoms with Crippen molar-refractivity contribution in [2.24, 2.45) is 0 Å². The fraction of sp³-hybridized carbons (Fsp3) is 0.667. The van der Waals surface area contributed by atoms with Gasteiger partial charge in [-0.1, -0.05) is 6.07 Å². The number of sulfonamides is 1. The highest BCUT2D eigenvalue weighted by atomic mass is 32.2. The number of piperazine rings is 1. The lowest BCUT2D eigenvalue weighted by molar-refractivity contribution is -0.133. The molecular weight excluding hydrogens is 438 g/mol. The third-order valence-corrected chi connectivity index (χ3v) is 10.4. The van der Waals surface area contributed by atoms with Gasteiger partial charge in [0.05, 0.1) is 22.9 Å². The first-order valence-corrected chi connectivity index (χ1v) is 14.2. The number of nitrogens with zero attached hydrogens (tertiary/aromatic N) is 3. The molecule has 0 N–H and O–H groups in total. The van der Waals surface area contributed by atoms with Gasteiger partial charge in [0, 0.05) is 32.2 Å². The van der Waals surface area contributed by atoms with E-state index in [1.54, 1.807) is 18.0 Å². The summed E-state index contributed by atoms with van der Waals surface area (Å²) in [5.41, 5.74) is 2.39. The van der Waals surface area contributed by atoms with E-state index in [4.69, 9.17) is 0 Å². The van der Waals surface area contributed by atoms with Crippen LogP contribution < -0.4 is 0 Å². The summed E-state index contributed by atoms with van der Waals surface area (Å²) in [4.78, 5) is 16.5. The van der Waals surface area contributed by atoms with Crippen molar-refractivity contribution in [1.29, 1.82) is 0 Å². The van der Waals surface area contributed by atoms with Crippen molar-refractivity contribution in [3.63, 3.8) is 0 Å². The number of hydrogen-bond donors (Lipinski definition) is 0. The van der Waals surface area contributed by atoms with Gasteiger partial charge in [-0.15, -0.1) is 0 Å². The minimum absolute atomic E-state index is 0.0855. The van der Waals surface area contributed by atoms with Crippen LogP contribution in [0.4, 0.5) is 0 Å². The molecule has 2 saturated heterocycles. The van der Waals surface area contributed by atoms with Crippen molar-refractivity contribution < 1.29 is 21.6 Å². The summed E-state index contributed by atoms with van der Waals surface area (Å²) in [6, 6.07) is 5.35. The molecule has 0 unspecified atom stereocenters. The van der Waals surface area contributed by atoms with E-state index in [1.165, 1.54) is 9.87 Å². The first-order chi connectivity index (χ1) is 14.7. The van der Waals surface area contributed by atoms with Gasteiger partial charge in [-0.3, -0.25) is 9.69 Å². The summed E-state index contributed by atoms with van der Waals surface area (Å²) in [5.74, 6) is 0.191. The molecule has 8 nitrogen and oxygen atoms in total. The number of benzene rings is 1. The lowest BCUT2D eigenvalue weighted by Crippen LogP contribution is -2.53. The fourth-order valence-corrected chi connectivity index (χ4v) is 8.04. The molecule has 0 saturated carbocycles. The SMILES string of the molecule is CN(CC(=O)N1CCN(S(=O)(=O)c2ccc3c(c2)CCCC3)CC1)[C@@H]1CCS(=O)(=O)C1. The van der Waals surface area contributed by atoms with Crippen LogP contribution in [0.15, 0.2) is 23.1 Å². The molecule has 10 heteroatoms. The molecule has 0 radical (unpaired) electrons. The van der Waals surface area contributed by atoms with Gasteiger partial charge < -0.3 is 4.90 Å². The summed E-state index contributed by atoms with van der Waals surface area (Å²) in [6.07, 6.45) is 4.74. The van der Waals surface area contributed by atoms with E-state index in [2.05, 4.69) is 0 Å². The molecule has 0 aromatic heterocycles. The van der Waals surface area contributed by atoms with Crippen molar-refractivity contribution in [2.45, 2.75) is 43.0 Å². The maximum absolute atomic E-state index is 13.1. The van der Waals surface area contributed by atoms with Gasteiger partial charge in [-0.2, -0.15) is 4.31 Å². The van der Waals surface area contributed by atoms with E-state index in [1.807, 2.05) is 17.0 Å². The first-order valence-electron chi connectivity index (χ1n) is 11.0. The molecule has 2 heterocycles. The van der Waals surface area contributed by atoms with Crippen LogP contribution in [-0.4, -0.2) is 94.2 Å². The minimum atomic E-state index is -3.58. The molecule has 2 aliphatic heterocycles. The summed E-state index contributed by atoms with van der Waals surface area (Å²) in [6.45, 7) is 1.39. The molecule has 2 fully saturated rings. The Morgan fingerprint density at radius 1 is 1.10 bits per heavy atom. The van der Waals surface area contributed by atoms with Crippen LogP contribution in [0, 0.1) is 0 Å². The topological polar surface area (TPSA) is 95.1 Å². The molecule has 31 heavy (non-hydrogen) atoms. The van der Waals surface area contributed by atoms with Crippen molar-refractivity contribution in [3.8, 4) is 0 Å². The predicted octanol–water partition coefficient (Wildman–Crippen LogP) is 0.517. The molecule has 1 aromatic carbocycles. The van der Waals surface area contributed by atoms with Gasteiger partial charge in [0.2, 0.25) is 15.9 Å². The highest BCUT2D eigenvalue weighted by Crippen LogP contribution is 2.26. The molecule has 4 rings (SSSR count). The van der Waals surface area contributed by atoms with Gasteiger partial charge in [-0.05, 0) is 62.4 Å². The molecule has 1 atom stereocenters. The van der Waals surface area contributed by atoms with Crippen LogP contribution in [0.5, 0.6) is 0 Å². The van der Waals surface area contributed by atoms with Crippen molar-refractivity contribution in [1.82, 2.24) is 14.1 Å². The van der Waals surface area contributed by atoms with E-state index in [0.717, 1.165) is 31.2 Å². The Bertz CT molecular complexity index is 1050. The summed E-state index contributed by atoms with van der Waals surface area (Å²) in [7, 11) is -4.79. The fourth-order valence-electron chi connectivity index (χ4n) is 4.76. The molecule has 0 bridgehead atoms. The Kier molecular flexibility index (Phi) is 6.44. The lowest BCUT2D eigenvalue weighted by atomic mass is 9.92. The van der Waals surface area contributed by atoms with Crippen LogP contribution in [0.25, 0.3) is 0 Å². The second-order valence-corrected chi connectivity index (χ2v) is 13.1. The highest BCUT2D eigenvalue weighted by Gasteiger charge is 2.34. The molecule has 0 spiro atoms. The average Bonchev–Trinajstić information content (AvgIpc) is 3.13. The van der Waals surface area contributed by atoms with Crippen LogP contribution in [0.3, 0.4) is 0 Å². The molecule has 3 aliphatic rings. The number of rotatable bonds is 5. The van der Waals surface area contributed by atoms with E-state index >= 15 is 0 Å². The smallest absolute Gasteiger partial charge is 0.243 e. The third kappa shape index (κ3) is 4.97. The largest absolute Gasteiger partial charge is 0.339 e. The van der Waals surface area contributed by atoms with E-state index < -0.39 is 19.9 Å². The van der Waals surface area contributed by atoms with Gasteiger partial charge in [0.25, 0.3) is 0 Å². The Hall–Kier alpha value is -1.49. The zero-order chi connectivity index (χ0) is 22.2.